The van der Waals surface area contributed by atoms with Crippen molar-refractivity contribution in [2.45, 2.75) is 59.0 Å². The molecule has 162 valence electrons. The van der Waals surface area contributed by atoms with Gasteiger partial charge in [0.15, 0.2) is 0 Å². The Hall–Kier alpha value is -0.820. The molecule has 0 saturated heterocycles. The Bertz CT molecular complexity index is 780. The van der Waals surface area contributed by atoms with E-state index in [0.29, 0.717) is 6.42 Å². The van der Waals surface area contributed by atoms with E-state index in [1.54, 1.807) is 13.8 Å². The van der Waals surface area contributed by atoms with Crippen LogP contribution in [0.4, 0.5) is 0 Å². The summed E-state index contributed by atoms with van der Waals surface area (Å²) >= 11 is 0. The quantitative estimate of drug-likeness (QED) is 0.417. The van der Waals surface area contributed by atoms with Gasteiger partial charge < -0.3 is 0 Å². The van der Waals surface area contributed by atoms with Gasteiger partial charge in [-0.2, -0.15) is 0 Å². The summed E-state index contributed by atoms with van der Waals surface area (Å²) in [6.45, 7) is 10.1. The number of benzene rings is 2. The summed E-state index contributed by atoms with van der Waals surface area (Å²) in [5, 5.41) is 1.46. The average molecular weight is 437 g/mol. The fourth-order valence-corrected chi connectivity index (χ4v) is 7.28. The minimum atomic E-state index is -4.58. The van der Waals surface area contributed by atoms with Gasteiger partial charge in [-0.05, 0) is 0 Å². The summed E-state index contributed by atoms with van der Waals surface area (Å²) in [6, 6.07) is 17.3. The maximum atomic E-state index is 10.4. The van der Waals surface area contributed by atoms with Crippen molar-refractivity contribution < 1.29 is 14.7 Å². The second kappa shape index (κ2) is 9.99. The second-order valence-corrected chi connectivity index (χ2v) is 14.9. The van der Waals surface area contributed by atoms with Crippen LogP contribution in [0.2, 0.25) is 0 Å². The number of rotatable bonds is 10. The van der Waals surface area contributed by atoms with E-state index in [-0.39, 0.29) is 20.0 Å². The van der Waals surface area contributed by atoms with Crippen molar-refractivity contribution in [3.05, 3.63) is 65.2 Å². The van der Waals surface area contributed by atoms with E-state index >= 15 is 0 Å². The van der Waals surface area contributed by atoms with Crippen LogP contribution >= 0.6 is 15.2 Å². The van der Waals surface area contributed by atoms with Crippen LogP contribution in [-0.2, 0) is 0 Å². The van der Waals surface area contributed by atoms with Crippen LogP contribution in [0.1, 0.15) is 63.1 Å². The van der Waals surface area contributed by atoms with E-state index in [4.69, 9.17) is 0 Å². The van der Waals surface area contributed by atoms with Gasteiger partial charge in [-0.25, -0.2) is 0 Å². The molecule has 2 atom stereocenters. The normalized spacial score (nSPS) is 15.7. The molecule has 2 aromatic carbocycles. The molecular weight excluding hydrogens is 398 g/mol. The molecule has 0 saturated carbocycles. The van der Waals surface area contributed by atoms with Crippen molar-refractivity contribution in [2.24, 2.45) is 0 Å². The van der Waals surface area contributed by atoms with Gasteiger partial charge >= 0.3 is 178 Å². The fraction of sp³-hybridized carbons (Fsp3) is 0.500. The molecule has 3 N–H and O–H groups in total. The monoisotopic (exact) mass is 436 g/mol. The summed E-state index contributed by atoms with van der Waals surface area (Å²) in [6.07, 6.45) is 3.68. The minimum absolute atomic E-state index is 0.00936. The molecule has 5 heteroatoms. The molecule has 0 bridgehead atoms. The Balaban J connectivity index is 2.47. The molecule has 3 nitrogen and oxygen atoms in total. The summed E-state index contributed by atoms with van der Waals surface area (Å²) < 4.78 is 0. The maximum absolute atomic E-state index is 10.4. The van der Waals surface area contributed by atoms with E-state index < -0.39 is 12.9 Å². The molecule has 0 aliphatic carbocycles. The van der Waals surface area contributed by atoms with E-state index in [9.17, 15) is 14.7 Å². The van der Waals surface area contributed by atoms with Gasteiger partial charge in [-0.3, -0.25) is 0 Å². The number of hydrogen-bond donors (Lipinski definition) is 3. The molecule has 0 amide bonds. The average Bonchev–Trinajstić information content (AvgIpc) is 2.70. The molecule has 0 radical (unpaired) electrons. The van der Waals surface area contributed by atoms with Crippen LogP contribution in [0.25, 0.3) is 0 Å². The van der Waals surface area contributed by atoms with Crippen LogP contribution in [0.15, 0.2) is 48.5 Å². The molecule has 0 fully saturated rings. The standard InChI is InChI=1S/C24H38O3P2/c1-6-28(7-2)24-17-14-19(4)18-23(24)22(21-12-10-9-11-13-21)16-15-20(5)29(25,26,27)8-3/h9-14,17-18,20,22,25-27H,6-8,15-16H2,1-5H3. The summed E-state index contributed by atoms with van der Waals surface area (Å²) in [5.41, 5.74) is 3.34. The Morgan fingerprint density at radius 3 is 2.07 bits per heavy atom. The molecular formula is C24H38O3P2. The third kappa shape index (κ3) is 6.09. The summed E-state index contributed by atoms with van der Waals surface area (Å²) in [4.78, 5) is 31.3. The van der Waals surface area contributed by atoms with Crippen molar-refractivity contribution >= 4 is 20.5 Å². The van der Waals surface area contributed by atoms with E-state index in [0.717, 1.165) is 18.7 Å². The topological polar surface area (TPSA) is 60.7 Å². The Kier molecular flexibility index (Phi) is 8.42. The first-order chi connectivity index (χ1) is 13.6. The van der Waals surface area contributed by atoms with Crippen LogP contribution in [0.3, 0.4) is 0 Å². The fourth-order valence-electron chi connectivity index (χ4n) is 3.98. The van der Waals surface area contributed by atoms with Crippen LogP contribution < -0.4 is 5.30 Å². The summed E-state index contributed by atoms with van der Waals surface area (Å²) in [7, 11) is -4.79. The van der Waals surface area contributed by atoms with E-state index in [1.165, 1.54) is 22.0 Å². The van der Waals surface area contributed by atoms with E-state index in [1.807, 2.05) is 6.07 Å². The predicted molar refractivity (Wildman–Crippen MR) is 130 cm³/mol. The van der Waals surface area contributed by atoms with Crippen molar-refractivity contribution in [1.82, 2.24) is 0 Å². The first-order valence-electron chi connectivity index (χ1n) is 10.8. The van der Waals surface area contributed by atoms with Gasteiger partial charge in [0.1, 0.15) is 0 Å². The SMILES string of the molecule is CCP(CC)c1ccc(C)cc1C(CCC(C)P(O)(O)(O)CC)c1ccccc1. The predicted octanol–water partition coefficient (Wildman–Crippen LogP) is 5.74. The van der Waals surface area contributed by atoms with Crippen LogP contribution in [-0.4, -0.2) is 38.8 Å². The first-order valence-corrected chi connectivity index (χ1v) is 14.8. The second-order valence-electron chi connectivity index (χ2n) is 8.16. The van der Waals surface area contributed by atoms with Gasteiger partial charge in [0, 0.05) is 0 Å². The molecule has 2 rings (SSSR count). The van der Waals surface area contributed by atoms with E-state index in [2.05, 4.69) is 63.2 Å². The number of aryl methyl sites for hydroxylation is 1. The van der Waals surface area contributed by atoms with Gasteiger partial charge in [0.2, 0.25) is 0 Å². The van der Waals surface area contributed by atoms with Gasteiger partial charge in [0.05, 0.1) is 0 Å². The third-order valence-corrected chi connectivity index (χ3v) is 12.1. The molecule has 2 aromatic rings. The van der Waals surface area contributed by atoms with Gasteiger partial charge in [-0.1, -0.05) is 0 Å². The van der Waals surface area contributed by atoms with Crippen molar-refractivity contribution in [3.63, 3.8) is 0 Å². The zero-order valence-electron chi connectivity index (χ0n) is 18.5. The zero-order valence-corrected chi connectivity index (χ0v) is 20.3. The molecule has 2 unspecified atom stereocenters. The first kappa shape index (κ1) is 24.4. The zero-order chi connectivity index (χ0) is 21.7. The molecule has 0 aromatic heterocycles. The molecule has 0 heterocycles. The number of hydrogen-bond acceptors (Lipinski definition) is 3. The van der Waals surface area contributed by atoms with Gasteiger partial charge in [0.25, 0.3) is 0 Å². The Morgan fingerprint density at radius 2 is 1.52 bits per heavy atom. The van der Waals surface area contributed by atoms with Crippen LogP contribution in [0, 0.1) is 6.92 Å². The van der Waals surface area contributed by atoms with Crippen molar-refractivity contribution in [2.75, 3.05) is 18.5 Å². The van der Waals surface area contributed by atoms with Gasteiger partial charge in [-0.15, -0.1) is 0 Å². The molecule has 29 heavy (non-hydrogen) atoms. The Morgan fingerprint density at radius 1 is 0.897 bits per heavy atom. The third-order valence-electron chi connectivity index (χ3n) is 6.25. The Labute approximate surface area is 178 Å². The van der Waals surface area contributed by atoms with Crippen molar-refractivity contribution in [1.29, 1.82) is 0 Å². The molecule has 0 spiro atoms. The molecule has 0 aliphatic rings. The summed E-state index contributed by atoms with van der Waals surface area (Å²) in [5.74, 6) is 0.181. The van der Waals surface area contributed by atoms with Crippen molar-refractivity contribution in [3.8, 4) is 0 Å². The molecule has 0 aliphatic heterocycles. The van der Waals surface area contributed by atoms with Crippen LogP contribution in [0.5, 0.6) is 0 Å².